The third kappa shape index (κ3) is 4.47. The van der Waals surface area contributed by atoms with E-state index in [0.29, 0.717) is 5.56 Å². The zero-order valence-electron chi connectivity index (χ0n) is 18.1. The molecule has 0 fully saturated rings. The molecule has 2 unspecified atom stereocenters. The van der Waals surface area contributed by atoms with Gasteiger partial charge in [0.25, 0.3) is 5.69 Å². The molecule has 0 spiro atoms. The highest BCUT2D eigenvalue weighted by atomic mass is 19.4. The number of nitriles is 1. The van der Waals surface area contributed by atoms with E-state index in [2.05, 4.69) is 5.32 Å². The Morgan fingerprint density at radius 1 is 1.24 bits per heavy atom. The molecule has 0 radical (unpaired) electrons. The van der Waals surface area contributed by atoms with Crippen molar-refractivity contribution in [2.45, 2.75) is 25.9 Å². The number of hydrogen-bond acceptors (Lipinski definition) is 5. The topological polar surface area (TPSA) is 116 Å². The van der Waals surface area contributed by atoms with Crippen LogP contribution in [0.2, 0.25) is 0 Å². The maximum Gasteiger partial charge on any atom is 0.416 e. The lowest BCUT2D eigenvalue weighted by atomic mass is 9.75. The summed E-state index contributed by atoms with van der Waals surface area (Å²) in [6, 6.07) is 11.1. The molecule has 11 heteroatoms. The summed E-state index contributed by atoms with van der Waals surface area (Å²) in [5.74, 6) is -4.08. The summed E-state index contributed by atoms with van der Waals surface area (Å²) in [6.45, 7) is 3.20. The first-order valence-electron chi connectivity index (χ1n) is 10.1. The lowest BCUT2D eigenvalue weighted by molar-refractivity contribution is -0.384. The summed E-state index contributed by atoms with van der Waals surface area (Å²) in [7, 11) is 0. The molecule has 1 aliphatic rings. The summed E-state index contributed by atoms with van der Waals surface area (Å²) < 4.78 is 39.8. The first kappa shape index (κ1) is 24.4. The van der Waals surface area contributed by atoms with Crippen molar-refractivity contribution in [2.75, 3.05) is 11.4 Å². The number of allylic oxidation sites excluding steroid dienone is 2. The number of anilines is 1. The zero-order chi connectivity index (χ0) is 25.2. The monoisotopic (exact) mass is 472 g/mol. The van der Waals surface area contributed by atoms with Crippen LogP contribution in [0.3, 0.4) is 0 Å². The lowest BCUT2D eigenvalue weighted by Crippen LogP contribution is -2.50. The van der Waals surface area contributed by atoms with Crippen LogP contribution < -0.4 is 10.2 Å². The SMILES string of the molecule is CCNC(=O)C1C(=O)N(c2cccc(C(F)(F)F)c2)C(C)=C(C#N)C1c1ccc([N+](=O)[O-])cc1. The van der Waals surface area contributed by atoms with E-state index in [9.17, 15) is 38.1 Å². The molecule has 176 valence electrons. The van der Waals surface area contributed by atoms with Crippen LogP contribution in [0.5, 0.6) is 0 Å². The van der Waals surface area contributed by atoms with Gasteiger partial charge < -0.3 is 5.32 Å². The molecule has 1 aliphatic heterocycles. The number of rotatable bonds is 5. The van der Waals surface area contributed by atoms with Crippen LogP contribution in [0.4, 0.5) is 24.5 Å². The van der Waals surface area contributed by atoms with Crippen molar-refractivity contribution in [1.82, 2.24) is 5.32 Å². The number of nitrogens with one attached hydrogen (secondary N) is 1. The molecule has 0 aliphatic carbocycles. The van der Waals surface area contributed by atoms with Gasteiger partial charge in [0.1, 0.15) is 5.92 Å². The summed E-state index contributed by atoms with van der Waals surface area (Å²) in [5, 5.41) is 23.5. The second-order valence-electron chi connectivity index (χ2n) is 7.53. The van der Waals surface area contributed by atoms with Crippen LogP contribution in [-0.4, -0.2) is 23.3 Å². The van der Waals surface area contributed by atoms with Gasteiger partial charge in [0.2, 0.25) is 11.8 Å². The van der Waals surface area contributed by atoms with Crippen LogP contribution in [-0.2, 0) is 15.8 Å². The van der Waals surface area contributed by atoms with Crippen molar-refractivity contribution in [3.63, 3.8) is 0 Å². The molecular formula is C23H19F3N4O4. The van der Waals surface area contributed by atoms with Gasteiger partial charge in [0.05, 0.1) is 22.1 Å². The number of nitro benzene ring substituents is 1. The number of non-ortho nitro benzene ring substituents is 1. The summed E-state index contributed by atoms with van der Waals surface area (Å²) in [5.41, 5.74) is -0.976. The second kappa shape index (κ2) is 9.35. The number of benzene rings is 2. The van der Waals surface area contributed by atoms with Gasteiger partial charge in [-0.15, -0.1) is 0 Å². The fraction of sp³-hybridized carbons (Fsp3) is 0.261. The van der Waals surface area contributed by atoms with E-state index in [-0.39, 0.29) is 29.2 Å². The van der Waals surface area contributed by atoms with Crippen LogP contribution >= 0.6 is 0 Å². The first-order chi connectivity index (χ1) is 16.0. The van der Waals surface area contributed by atoms with Crippen LogP contribution in [0.1, 0.15) is 30.9 Å². The number of carbonyl (C=O) groups is 2. The molecule has 2 amide bonds. The van der Waals surface area contributed by atoms with Gasteiger partial charge in [-0.25, -0.2) is 0 Å². The van der Waals surface area contributed by atoms with Crippen molar-refractivity contribution in [3.8, 4) is 6.07 Å². The van der Waals surface area contributed by atoms with Gasteiger partial charge in [-0.1, -0.05) is 18.2 Å². The van der Waals surface area contributed by atoms with Crippen LogP contribution in [0.25, 0.3) is 0 Å². The Hall–Kier alpha value is -4.20. The Labute approximate surface area is 192 Å². The van der Waals surface area contributed by atoms with Crippen LogP contribution in [0, 0.1) is 27.4 Å². The third-order valence-electron chi connectivity index (χ3n) is 5.50. The molecule has 3 rings (SSSR count). The Kier molecular flexibility index (Phi) is 6.72. The average Bonchev–Trinajstić information content (AvgIpc) is 2.78. The van der Waals surface area contributed by atoms with E-state index < -0.39 is 40.3 Å². The molecule has 2 aromatic carbocycles. The molecule has 1 N–H and O–H groups in total. The average molecular weight is 472 g/mol. The van der Waals surface area contributed by atoms with E-state index >= 15 is 0 Å². The van der Waals surface area contributed by atoms with E-state index in [4.69, 9.17) is 0 Å². The maximum absolute atomic E-state index is 13.6. The van der Waals surface area contributed by atoms with Crippen LogP contribution in [0.15, 0.2) is 59.8 Å². The molecule has 8 nitrogen and oxygen atoms in total. The molecule has 2 aromatic rings. The van der Waals surface area contributed by atoms with Gasteiger partial charge in [-0.3, -0.25) is 24.6 Å². The third-order valence-corrected chi connectivity index (χ3v) is 5.50. The maximum atomic E-state index is 13.6. The predicted molar refractivity (Wildman–Crippen MR) is 115 cm³/mol. The molecule has 0 saturated heterocycles. The molecule has 1 heterocycles. The van der Waals surface area contributed by atoms with Crippen molar-refractivity contribution < 1.29 is 27.7 Å². The molecular weight excluding hydrogens is 453 g/mol. The Morgan fingerprint density at radius 2 is 1.88 bits per heavy atom. The summed E-state index contributed by atoms with van der Waals surface area (Å²) in [6.07, 6.45) is -4.66. The number of halogens is 3. The summed E-state index contributed by atoms with van der Waals surface area (Å²) in [4.78, 5) is 37.9. The molecule has 34 heavy (non-hydrogen) atoms. The number of alkyl halides is 3. The lowest BCUT2D eigenvalue weighted by Gasteiger charge is -2.38. The quantitative estimate of drug-likeness (QED) is 0.396. The number of hydrogen-bond donors (Lipinski definition) is 1. The highest BCUT2D eigenvalue weighted by Crippen LogP contribution is 2.43. The largest absolute Gasteiger partial charge is 0.416 e. The second-order valence-corrected chi connectivity index (χ2v) is 7.53. The predicted octanol–water partition coefficient (Wildman–Crippen LogP) is 4.29. The fourth-order valence-corrected chi connectivity index (χ4v) is 3.96. The molecule has 2 atom stereocenters. The van der Waals surface area contributed by atoms with Gasteiger partial charge >= 0.3 is 6.18 Å². The Morgan fingerprint density at radius 3 is 2.41 bits per heavy atom. The number of nitro groups is 1. The number of carbonyl (C=O) groups excluding carboxylic acids is 2. The van der Waals surface area contributed by atoms with Gasteiger partial charge in [0, 0.05) is 36.0 Å². The molecule has 0 saturated carbocycles. The van der Waals surface area contributed by atoms with E-state index in [1.807, 2.05) is 6.07 Å². The minimum Gasteiger partial charge on any atom is -0.356 e. The molecule has 0 aromatic heterocycles. The minimum absolute atomic E-state index is 0.0119. The van der Waals surface area contributed by atoms with Crippen molar-refractivity contribution in [1.29, 1.82) is 5.26 Å². The zero-order valence-corrected chi connectivity index (χ0v) is 18.1. The van der Waals surface area contributed by atoms with Crippen molar-refractivity contribution >= 4 is 23.2 Å². The highest BCUT2D eigenvalue weighted by molar-refractivity contribution is 6.12. The number of amides is 2. The Balaban J connectivity index is 2.22. The standard InChI is InChI=1S/C23H19F3N4O4/c1-3-28-21(31)20-19(14-7-9-16(10-8-14)30(33)34)18(12-27)13(2)29(22(20)32)17-6-4-5-15(11-17)23(24,25)26/h4-11,19-20H,3H2,1-2H3,(H,28,31). The van der Waals surface area contributed by atoms with Gasteiger partial charge in [0.15, 0.2) is 0 Å². The normalized spacial score (nSPS) is 18.5. The van der Waals surface area contributed by atoms with Gasteiger partial charge in [-0.2, -0.15) is 18.4 Å². The van der Waals surface area contributed by atoms with Crippen molar-refractivity contribution in [2.24, 2.45) is 5.92 Å². The van der Waals surface area contributed by atoms with E-state index in [1.165, 1.54) is 37.3 Å². The summed E-state index contributed by atoms with van der Waals surface area (Å²) >= 11 is 0. The fourth-order valence-electron chi connectivity index (χ4n) is 3.96. The minimum atomic E-state index is -4.66. The first-order valence-corrected chi connectivity index (χ1v) is 10.1. The van der Waals surface area contributed by atoms with E-state index in [0.717, 1.165) is 23.1 Å². The van der Waals surface area contributed by atoms with E-state index in [1.54, 1.807) is 6.92 Å². The number of nitrogens with zero attached hydrogens (tertiary/aromatic N) is 3. The van der Waals surface area contributed by atoms with Gasteiger partial charge in [-0.05, 0) is 37.6 Å². The Bertz CT molecular complexity index is 1220. The smallest absolute Gasteiger partial charge is 0.356 e. The van der Waals surface area contributed by atoms with Crippen molar-refractivity contribution in [3.05, 3.63) is 81.0 Å². The molecule has 0 bridgehead atoms. The highest BCUT2D eigenvalue weighted by Gasteiger charge is 2.46.